The van der Waals surface area contributed by atoms with Crippen LogP contribution in [0.15, 0.2) is 23.2 Å². The molecular formula is C23H40FIN4O. The third-order valence-electron chi connectivity index (χ3n) is 5.29. The number of rotatable bonds is 7. The van der Waals surface area contributed by atoms with E-state index < -0.39 is 0 Å². The summed E-state index contributed by atoms with van der Waals surface area (Å²) in [4.78, 5) is 6.65. The molecule has 0 aromatic heterocycles. The average Bonchev–Trinajstić information content (AvgIpc) is 2.65. The van der Waals surface area contributed by atoms with Gasteiger partial charge in [-0.2, -0.15) is 0 Å². The average molecular weight is 535 g/mol. The summed E-state index contributed by atoms with van der Waals surface area (Å²) in [5, 5.41) is 16.4. The number of nitrogens with zero attached hydrogens (tertiary/aromatic N) is 2. The molecule has 1 aliphatic heterocycles. The molecule has 0 amide bonds. The number of aliphatic hydroxyl groups excluding tert-OH is 1. The van der Waals surface area contributed by atoms with Crippen LogP contribution in [0.1, 0.15) is 65.9 Å². The molecule has 0 aliphatic carbocycles. The second-order valence-corrected chi connectivity index (χ2v) is 9.34. The second kappa shape index (κ2) is 12.7. The highest BCUT2D eigenvalue weighted by Crippen LogP contribution is 2.24. The van der Waals surface area contributed by atoms with Crippen LogP contribution in [0, 0.1) is 11.2 Å². The molecule has 2 rings (SSSR count). The summed E-state index contributed by atoms with van der Waals surface area (Å²) >= 11 is 0. The SMILES string of the molecule is CCNC(=NCc1ccc(N2CCC(O)CC2)c(F)c1)NC(C)CCC(C)(C)C.I. The van der Waals surface area contributed by atoms with E-state index in [0.29, 0.717) is 49.6 Å². The molecule has 1 unspecified atom stereocenters. The van der Waals surface area contributed by atoms with E-state index in [4.69, 9.17) is 0 Å². The molecule has 5 nitrogen and oxygen atoms in total. The van der Waals surface area contributed by atoms with E-state index in [1.54, 1.807) is 6.07 Å². The number of benzene rings is 1. The van der Waals surface area contributed by atoms with Gasteiger partial charge in [-0.25, -0.2) is 9.38 Å². The van der Waals surface area contributed by atoms with Crippen LogP contribution in [-0.2, 0) is 6.54 Å². The molecule has 0 bridgehead atoms. The minimum atomic E-state index is -0.259. The standard InChI is InChI=1S/C23H39FN4O.HI/c1-6-25-22(27-17(2)9-12-23(3,4)5)26-16-18-7-8-21(20(24)15-18)28-13-10-19(29)11-14-28;/h7-8,15,17,19,29H,6,9-14,16H2,1-5H3,(H2,25,26,27);1H. The zero-order valence-electron chi connectivity index (χ0n) is 19.2. The molecule has 1 atom stereocenters. The van der Waals surface area contributed by atoms with Crippen molar-refractivity contribution in [2.45, 2.75) is 79.0 Å². The molecule has 1 saturated heterocycles. The van der Waals surface area contributed by atoms with Crippen molar-refractivity contribution in [2.24, 2.45) is 10.4 Å². The number of nitrogens with one attached hydrogen (secondary N) is 2. The van der Waals surface area contributed by atoms with Gasteiger partial charge in [0.1, 0.15) is 5.82 Å². The first-order valence-corrected chi connectivity index (χ1v) is 10.9. The third-order valence-corrected chi connectivity index (χ3v) is 5.29. The van der Waals surface area contributed by atoms with Crippen molar-refractivity contribution in [3.8, 4) is 0 Å². The van der Waals surface area contributed by atoms with Gasteiger partial charge in [-0.15, -0.1) is 24.0 Å². The number of guanidine groups is 1. The lowest BCUT2D eigenvalue weighted by Crippen LogP contribution is -2.42. The molecule has 30 heavy (non-hydrogen) atoms. The molecule has 0 spiro atoms. The number of hydrogen-bond acceptors (Lipinski definition) is 3. The van der Waals surface area contributed by atoms with Crippen molar-refractivity contribution in [2.75, 3.05) is 24.5 Å². The Labute approximate surface area is 198 Å². The lowest BCUT2D eigenvalue weighted by Gasteiger charge is -2.31. The lowest BCUT2D eigenvalue weighted by atomic mass is 9.89. The van der Waals surface area contributed by atoms with Crippen LogP contribution in [-0.4, -0.2) is 42.8 Å². The van der Waals surface area contributed by atoms with Crippen molar-refractivity contribution < 1.29 is 9.50 Å². The van der Waals surface area contributed by atoms with Gasteiger partial charge in [-0.1, -0.05) is 26.8 Å². The fraction of sp³-hybridized carbons (Fsp3) is 0.696. The van der Waals surface area contributed by atoms with Gasteiger partial charge in [0.25, 0.3) is 0 Å². The smallest absolute Gasteiger partial charge is 0.191 e. The monoisotopic (exact) mass is 534 g/mol. The molecule has 1 fully saturated rings. The molecule has 7 heteroatoms. The number of hydrogen-bond donors (Lipinski definition) is 3. The Morgan fingerprint density at radius 3 is 2.53 bits per heavy atom. The molecule has 1 heterocycles. The summed E-state index contributed by atoms with van der Waals surface area (Å²) in [6.07, 6.45) is 3.33. The maximum atomic E-state index is 14.6. The Balaban J connectivity index is 0.00000450. The number of halogens is 2. The van der Waals surface area contributed by atoms with E-state index in [1.165, 1.54) is 0 Å². The highest BCUT2D eigenvalue weighted by Gasteiger charge is 2.19. The Morgan fingerprint density at radius 1 is 1.30 bits per heavy atom. The first kappa shape index (κ1) is 26.9. The maximum Gasteiger partial charge on any atom is 0.191 e. The number of piperidine rings is 1. The van der Waals surface area contributed by atoms with Gasteiger partial charge in [0.15, 0.2) is 5.96 Å². The minimum absolute atomic E-state index is 0. The van der Waals surface area contributed by atoms with E-state index >= 15 is 0 Å². The summed E-state index contributed by atoms with van der Waals surface area (Å²) in [5.41, 5.74) is 1.78. The lowest BCUT2D eigenvalue weighted by molar-refractivity contribution is 0.145. The van der Waals surface area contributed by atoms with Crippen LogP contribution in [0.3, 0.4) is 0 Å². The van der Waals surface area contributed by atoms with Gasteiger partial charge in [-0.3, -0.25) is 0 Å². The molecule has 1 aromatic carbocycles. The number of aliphatic hydroxyl groups is 1. The minimum Gasteiger partial charge on any atom is -0.393 e. The van der Waals surface area contributed by atoms with Crippen LogP contribution < -0.4 is 15.5 Å². The van der Waals surface area contributed by atoms with E-state index in [0.717, 1.165) is 30.9 Å². The normalized spacial score (nSPS) is 16.8. The third kappa shape index (κ3) is 9.37. The molecule has 3 N–H and O–H groups in total. The van der Waals surface area contributed by atoms with Crippen molar-refractivity contribution >= 4 is 35.6 Å². The van der Waals surface area contributed by atoms with Crippen LogP contribution in [0.25, 0.3) is 0 Å². The number of anilines is 1. The van der Waals surface area contributed by atoms with Crippen molar-refractivity contribution in [3.05, 3.63) is 29.6 Å². The van der Waals surface area contributed by atoms with E-state index in [1.807, 2.05) is 24.0 Å². The van der Waals surface area contributed by atoms with Gasteiger partial charge in [0.2, 0.25) is 0 Å². The predicted molar refractivity (Wildman–Crippen MR) is 135 cm³/mol. The molecule has 0 radical (unpaired) electrons. The highest BCUT2D eigenvalue weighted by molar-refractivity contribution is 14.0. The summed E-state index contributed by atoms with van der Waals surface area (Å²) in [6.45, 7) is 13.6. The summed E-state index contributed by atoms with van der Waals surface area (Å²) < 4.78 is 14.6. The van der Waals surface area contributed by atoms with Crippen LogP contribution in [0.4, 0.5) is 10.1 Å². The van der Waals surface area contributed by atoms with Crippen molar-refractivity contribution in [1.29, 1.82) is 0 Å². The van der Waals surface area contributed by atoms with Gasteiger partial charge in [0, 0.05) is 25.7 Å². The Bertz CT molecular complexity index is 670. The first-order chi connectivity index (χ1) is 13.7. The second-order valence-electron chi connectivity index (χ2n) is 9.34. The van der Waals surface area contributed by atoms with Gasteiger partial charge < -0.3 is 20.6 Å². The Morgan fingerprint density at radius 2 is 1.97 bits per heavy atom. The molecule has 0 saturated carbocycles. The van der Waals surface area contributed by atoms with E-state index in [9.17, 15) is 9.50 Å². The van der Waals surface area contributed by atoms with Crippen LogP contribution in [0.5, 0.6) is 0 Å². The van der Waals surface area contributed by atoms with E-state index in [-0.39, 0.29) is 35.9 Å². The predicted octanol–water partition coefficient (Wildman–Crippen LogP) is 4.67. The summed E-state index contributed by atoms with van der Waals surface area (Å²) in [6, 6.07) is 5.68. The van der Waals surface area contributed by atoms with Crippen molar-refractivity contribution in [3.63, 3.8) is 0 Å². The van der Waals surface area contributed by atoms with Crippen LogP contribution >= 0.6 is 24.0 Å². The van der Waals surface area contributed by atoms with E-state index in [2.05, 4.69) is 43.3 Å². The van der Waals surface area contributed by atoms with Crippen LogP contribution in [0.2, 0.25) is 0 Å². The van der Waals surface area contributed by atoms with Crippen molar-refractivity contribution in [1.82, 2.24) is 10.6 Å². The maximum absolute atomic E-state index is 14.6. The molecule has 1 aromatic rings. The fourth-order valence-corrected chi connectivity index (χ4v) is 3.46. The largest absolute Gasteiger partial charge is 0.393 e. The molecular weight excluding hydrogens is 494 g/mol. The first-order valence-electron chi connectivity index (χ1n) is 10.9. The quantitative estimate of drug-likeness (QED) is 0.270. The zero-order valence-corrected chi connectivity index (χ0v) is 21.5. The Hall–Kier alpha value is -1.09. The summed E-state index contributed by atoms with van der Waals surface area (Å²) in [5.74, 6) is 0.550. The fourth-order valence-electron chi connectivity index (χ4n) is 3.46. The topological polar surface area (TPSA) is 59.9 Å². The van der Waals surface area contributed by atoms with Gasteiger partial charge in [-0.05, 0) is 62.6 Å². The highest BCUT2D eigenvalue weighted by atomic mass is 127. The summed E-state index contributed by atoms with van der Waals surface area (Å²) in [7, 11) is 0. The van der Waals surface area contributed by atoms with Gasteiger partial charge >= 0.3 is 0 Å². The molecule has 1 aliphatic rings. The number of aliphatic imine (C=N–C) groups is 1. The molecule has 172 valence electrons. The zero-order chi connectivity index (χ0) is 21.4. The van der Waals surface area contributed by atoms with Gasteiger partial charge in [0.05, 0.1) is 18.3 Å². The Kier molecular flexibility index (Phi) is 11.4.